The van der Waals surface area contributed by atoms with E-state index < -0.39 is 5.60 Å². The fraction of sp³-hybridized carbons (Fsp3) is 0.500. The Morgan fingerprint density at radius 1 is 1.06 bits per heavy atom. The summed E-state index contributed by atoms with van der Waals surface area (Å²) < 4.78 is 11.2. The number of amides is 2. The van der Waals surface area contributed by atoms with Crippen LogP contribution in [0.5, 0.6) is 0 Å². The van der Waals surface area contributed by atoms with E-state index >= 15 is 0 Å². The fourth-order valence-corrected chi connectivity index (χ4v) is 4.26. The first-order valence-corrected chi connectivity index (χ1v) is 11.8. The molecule has 1 atom stereocenters. The van der Waals surface area contributed by atoms with Crippen LogP contribution < -0.4 is 4.90 Å². The number of rotatable bonds is 5. The van der Waals surface area contributed by atoms with E-state index in [0.29, 0.717) is 12.4 Å². The maximum absolute atomic E-state index is 12.9. The quantitative estimate of drug-likeness (QED) is 0.570. The molecule has 2 aliphatic rings. The van der Waals surface area contributed by atoms with Crippen molar-refractivity contribution in [2.75, 3.05) is 11.4 Å². The molecule has 2 heterocycles. The highest BCUT2D eigenvalue weighted by Crippen LogP contribution is 2.34. The summed E-state index contributed by atoms with van der Waals surface area (Å²) in [6.45, 7) is 6.52. The SMILES string of the molecule is CC(C)(C)OC(=O)N(c1ccc([C@H]2CCCN2C(=O)OCc2ccccc2)cn1)C1CCC1. The van der Waals surface area contributed by atoms with Gasteiger partial charge in [0.2, 0.25) is 0 Å². The van der Waals surface area contributed by atoms with Crippen LogP contribution in [-0.4, -0.2) is 40.3 Å². The van der Waals surface area contributed by atoms with Crippen molar-refractivity contribution >= 4 is 18.0 Å². The fourth-order valence-electron chi connectivity index (χ4n) is 4.26. The first-order chi connectivity index (χ1) is 15.8. The van der Waals surface area contributed by atoms with Crippen LogP contribution in [0.25, 0.3) is 0 Å². The number of pyridine rings is 1. The Labute approximate surface area is 195 Å². The summed E-state index contributed by atoms with van der Waals surface area (Å²) in [6, 6.07) is 13.6. The largest absolute Gasteiger partial charge is 0.445 e. The Morgan fingerprint density at radius 3 is 2.42 bits per heavy atom. The van der Waals surface area contributed by atoms with E-state index in [1.54, 1.807) is 16.0 Å². The van der Waals surface area contributed by atoms with Crippen molar-refractivity contribution in [1.29, 1.82) is 0 Å². The maximum atomic E-state index is 12.9. The van der Waals surface area contributed by atoms with Gasteiger partial charge < -0.3 is 14.4 Å². The molecule has 0 N–H and O–H groups in total. The van der Waals surface area contributed by atoms with E-state index in [1.165, 1.54) is 0 Å². The molecular formula is C26H33N3O4. The summed E-state index contributed by atoms with van der Waals surface area (Å²) in [6.07, 6.45) is 5.88. The van der Waals surface area contributed by atoms with E-state index in [9.17, 15) is 9.59 Å². The lowest BCUT2D eigenvalue weighted by Crippen LogP contribution is -2.47. The van der Waals surface area contributed by atoms with Gasteiger partial charge in [0.15, 0.2) is 0 Å². The Hall–Kier alpha value is -3.09. The molecule has 0 bridgehead atoms. The molecule has 4 rings (SSSR count). The van der Waals surface area contributed by atoms with Gasteiger partial charge in [-0.1, -0.05) is 36.4 Å². The van der Waals surface area contributed by atoms with Crippen LogP contribution in [-0.2, 0) is 16.1 Å². The smallest absolute Gasteiger partial charge is 0.416 e. The number of anilines is 1. The predicted octanol–water partition coefficient (Wildman–Crippen LogP) is 5.85. The van der Waals surface area contributed by atoms with Crippen LogP contribution in [0.15, 0.2) is 48.7 Å². The Morgan fingerprint density at radius 2 is 1.82 bits per heavy atom. The van der Waals surface area contributed by atoms with Crippen LogP contribution in [0.2, 0.25) is 0 Å². The van der Waals surface area contributed by atoms with E-state index in [0.717, 1.165) is 43.2 Å². The van der Waals surface area contributed by atoms with E-state index in [1.807, 2.05) is 63.2 Å². The molecule has 0 radical (unpaired) electrons. The first kappa shape index (κ1) is 23.1. The van der Waals surface area contributed by atoms with E-state index in [-0.39, 0.29) is 30.9 Å². The number of hydrogen-bond acceptors (Lipinski definition) is 5. The second-order valence-corrected chi connectivity index (χ2v) is 9.78. The molecule has 7 heteroatoms. The molecule has 0 unspecified atom stereocenters. The lowest BCUT2D eigenvalue weighted by atomic mass is 9.91. The van der Waals surface area contributed by atoms with Gasteiger partial charge in [-0.25, -0.2) is 14.6 Å². The average molecular weight is 452 g/mol. The van der Waals surface area contributed by atoms with Gasteiger partial charge in [0.25, 0.3) is 0 Å². The lowest BCUT2D eigenvalue weighted by molar-refractivity contribution is 0.0548. The minimum Gasteiger partial charge on any atom is -0.445 e. The molecule has 2 amide bonds. The van der Waals surface area contributed by atoms with Crippen LogP contribution >= 0.6 is 0 Å². The third kappa shape index (κ3) is 5.64. The minimum absolute atomic E-state index is 0.0755. The zero-order chi connectivity index (χ0) is 23.4. The highest BCUT2D eigenvalue weighted by molar-refractivity contribution is 5.87. The second kappa shape index (κ2) is 9.81. The molecule has 2 aromatic rings. The van der Waals surface area contributed by atoms with Gasteiger partial charge in [0, 0.05) is 18.8 Å². The number of likely N-dealkylation sites (tertiary alicyclic amines) is 1. The molecule has 1 aromatic heterocycles. The van der Waals surface area contributed by atoms with Gasteiger partial charge in [0.05, 0.1) is 6.04 Å². The van der Waals surface area contributed by atoms with Crippen molar-refractivity contribution in [2.24, 2.45) is 0 Å². The van der Waals surface area contributed by atoms with Crippen molar-refractivity contribution in [3.05, 3.63) is 59.8 Å². The molecule has 33 heavy (non-hydrogen) atoms. The number of ether oxygens (including phenoxy) is 2. The molecule has 1 aromatic carbocycles. The Kier molecular flexibility index (Phi) is 6.86. The van der Waals surface area contributed by atoms with E-state index in [4.69, 9.17) is 9.47 Å². The van der Waals surface area contributed by atoms with Crippen molar-refractivity contribution in [1.82, 2.24) is 9.88 Å². The van der Waals surface area contributed by atoms with Crippen molar-refractivity contribution in [2.45, 2.75) is 77.2 Å². The molecule has 1 aliphatic carbocycles. The van der Waals surface area contributed by atoms with Gasteiger partial charge in [-0.15, -0.1) is 0 Å². The van der Waals surface area contributed by atoms with Gasteiger partial charge >= 0.3 is 12.2 Å². The second-order valence-electron chi connectivity index (χ2n) is 9.78. The molecular weight excluding hydrogens is 418 g/mol. The number of hydrogen-bond donors (Lipinski definition) is 0. The normalized spacial score (nSPS) is 18.5. The topological polar surface area (TPSA) is 72.0 Å². The molecule has 1 saturated heterocycles. The number of benzene rings is 1. The van der Waals surface area contributed by atoms with Crippen molar-refractivity contribution in [3.8, 4) is 0 Å². The zero-order valence-corrected chi connectivity index (χ0v) is 19.7. The summed E-state index contributed by atoms with van der Waals surface area (Å²) >= 11 is 0. The molecule has 7 nitrogen and oxygen atoms in total. The number of nitrogens with zero attached hydrogens (tertiary/aromatic N) is 3. The average Bonchev–Trinajstić information content (AvgIpc) is 3.24. The molecule has 1 aliphatic heterocycles. The summed E-state index contributed by atoms with van der Waals surface area (Å²) in [5.41, 5.74) is 1.35. The van der Waals surface area contributed by atoms with Crippen molar-refractivity contribution in [3.63, 3.8) is 0 Å². The lowest BCUT2D eigenvalue weighted by Gasteiger charge is -2.37. The predicted molar refractivity (Wildman–Crippen MR) is 126 cm³/mol. The van der Waals surface area contributed by atoms with Gasteiger partial charge in [-0.05, 0) is 70.1 Å². The van der Waals surface area contributed by atoms with Crippen LogP contribution in [0.4, 0.5) is 15.4 Å². The minimum atomic E-state index is -0.566. The van der Waals surface area contributed by atoms with Crippen LogP contribution in [0.3, 0.4) is 0 Å². The third-order valence-corrected chi connectivity index (χ3v) is 6.12. The molecule has 1 saturated carbocycles. The molecule has 0 spiro atoms. The maximum Gasteiger partial charge on any atom is 0.416 e. The van der Waals surface area contributed by atoms with Gasteiger partial charge in [0.1, 0.15) is 18.0 Å². The molecule has 176 valence electrons. The summed E-state index contributed by atoms with van der Waals surface area (Å²) in [5, 5.41) is 0. The monoisotopic (exact) mass is 451 g/mol. The highest BCUT2D eigenvalue weighted by Gasteiger charge is 2.35. The van der Waals surface area contributed by atoms with Crippen molar-refractivity contribution < 1.29 is 19.1 Å². The van der Waals surface area contributed by atoms with Crippen LogP contribution in [0, 0.1) is 0 Å². The number of carbonyl (C=O) groups excluding carboxylic acids is 2. The first-order valence-electron chi connectivity index (χ1n) is 11.8. The highest BCUT2D eigenvalue weighted by atomic mass is 16.6. The van der Waals surface area contributed by atoms with Gasteiger partial charge in [-0.2, -0.15) is 0 Å². The summed E-state index contributed by atoms with van der Waals surface area (Å²) in [7, 11) is 0. The zero-order valence-electron chi connectivity index (χ0n) is 19.7. The molecule has 2 fully saturated rings. The van der Waals surface area contributed by atoms with E-state index in [2.05, 4.69) is 4.98 Å². The number of aromatic nitrogens is 1. The van der Waals surface area contributed by atoms with Crippen LogP contribution in [0.1, 0.15) is 70.0 Å². The summed E-state index contributed by atoms with van der Waals surface area (Å²) in [5.74, 6) is 0.592. The Balaban J connectivity index is 1.44. The standard InChI is InChI=1S/C26H33N3O4/c1-26(2,3)33-25(31)29(21-11-7-12-21)23-15-14-20(17-27-23)22-13-8-16-28(22)24(30)32-18-19-9-5-4-6-10-19/h4-6,9-10,14-15,17,21-22H,7-8,11-13,16,18H2,1-3H3/t22-/m1/s1. The van der Waals surface area contributed by atoms with Gasteiger partial charge in [-0.3, -0.25) is 4.90 Å². The third-order valence-electron chi connectivity index (χ3n) is 6.12. The Bertz CT molecular complexity index is 952. The summed E-state index contributed by atoms with van der Waals surface area (Å²) in [4.78, 5) is 33.7. The number of carbonyl (C=O) groups is 2.